The van der Waals surface area contributed by atoms with Gasteiger partial charge in [0.2, 0.25) is 17.7 Å². The van der Waals surface area contributed by atoms with E-state index in [9.17, 15) is 14.4 Å². The van der Waals surface area contributed by atoms with Crippen LogP contribution in [0.1, 0.15) is 24.0 Å². The van der Waals surface area contributed by atoms with E-state index in [4.69, 9.17) is 11.6 Å². The number of para-hydroxylation sites is 1. The molecule has 4 aliphatic rings. The molecule has 4 atom stereocenters. The summed E-state index contributed by atoms with van der Waals surface area (Å²) in [6, 6.07) is 12.6. The topological polar surface area (TPSA) is 69.7 Å². The molecule has 2 aromatic rings. The summed E-state index contributed by atoms with van der Waals surface area (Å²) in [6.07, 6.45) is 1.70. The SMILES string of the molecule is Cc1ccc2c(c1)[C@]1(C(=O)N2)[C@@H]2C(=O)N(c3ccccc3Cl)C(=O)[C@H]2[C@@H]2CCCN21. The minimum absolute atomic E-state index is 0.129. The summed E-state index contributed by atoms with van der Waals surface area (Å²) in [5.74, 6) is -2.09. The fourth-order valence-electron chi connectivity index (χ4n) is 6.19. The van der Waals surface area contributed by atoms with Crippen molar-refractivity contribution in [2.24, 2.45) is 11.8 Å². The molecule has 3 saturated heterocycles. The van der Waals surface area contributed by atoms with Gasteiger partial charge in [-0.25, -0.2) is 4.90 Å². The standard InChI is InChI=1S/C23H20ClN3O3/c1-12-8-9-15-13(11-12)23(22(30)25-15)19-18(17-7-4-10-26(17)23)20(28)27(21(19)29)16-6-3-2-5-14(16)24/h2-3,5-6,8-9,11,17-19H,4,7,10H2,1H3,(H,25,30)/t17-,18-,19-,23+/m0/s1. The molecule has 4 heterocycles. The summed E-state index contributed by atoms with van der Waals surface area (Å²) in [5, 5.41) is 3.35. The van der Waals surface area contributed by atoms with E-state index >= 15 is 0 Å². The molecule has 3 fully saturated rings. The smallest absolute Gasteiger partial charge is 0.250 e. The summed E-state index contributed by atoms with van der Waals surface area (Å²) in [6.45, 7) is 2.67. The molecule has 0 aromatic heterocycles. The molecule has 2 aromatic carbocycles. The lowest BCUT2D eigenvalue weighted by molar-refractivity contribution is -0.135. The third-order valence-electron chi connectivity index (χ3n) is 7.24. The molecule has 0 unspecified atom stereocenters. The second kappa shape index (κ2) is 5.93. The Morgan fingerprint density at radius 1 is 1.10 bits per heavy atom. The van der Waals surface area contributed by atoms with Crippen molar-refractivity contribution in [1.29, 1.82) is 0 Å². The molecule has 3 amide bonds. The van der Waals surface area contributed by atoms with Crippen molar-refractivity contribution in [3.8, 4) is 0 Å². The van der Waals surface area contributed by atoms with Crippen LogP contribution in [0.4, 0.5) is 11.4 Å². The number of hydrogen-bond donors (Lipinski definition) is 1. The molecule has 0 aliphatic carbocycles. The average Bonchev–Trinajstić information content (AvgIpc) is 3.42. The normalized spacial score (nSPS) is 32.0. The van der Waals surface area contributed by atoms with Crippen molar-refractivity contribution in [2.45, 2.75) is 31.3 Å². The number of nitrogens with one attached hydrogen (secondary N) is 1. The third kappa shape index (κ3) is 1.96. The van der Waals surface area contributed by atoms with E-state index in [0.717, 1.165) is 29.7 Å². The largest absolute Gasteiger partial charge is 0.324 e. The van der Waals surface area contributed by atoms with Crippen LogP contribution < -0.4 is 10.2 Å². The van der Waals surface area contributed by atoms with E-state index in [1.54, 1.807) is 24.3 Å². The Balaban J connectivity index is 1.58. The first kappa shape index (κ1) is 18.1. The van der Waals surface area contributed by atoms with Crippen LogP contribution >= 0.6 is 11.6 Å². The van der Waals surface area contributed by atoms with Crippen LogP contribution in [0.5, 0.6) is 0 Å². The van der Waals surface area contributed by atoms with E-state index in [1.807, 2.05) is 25.1 Å². The van der Waals surface area contributed by atoms with E-state index < -0.39 is 17.4 Å². The minimum Gasteiger partial charge on any atom is -0.324 e. The Morgan fingerprint density at radius 2 is 1.90 bits per heavy atom. The number of halogens is 1. The van der Waals surface area contributed by atoms with Crippen LogP contribution in [0, 0.1) is 18.8 Å². The number of carbonyl (C=O) groups excluding carboxylic acids is 3. The number of imide groups is 1. The highest BCUT2D eigenvalue weighted by atomic mass is 35.5. The van der Waals surface area contributed by atoms with Crippen molar-refractivity contribution in [3.63, 3.8) is 0 Å². The minimum atomic E-state index is -1.14. The molecule has 1 N–H and O–H groups in total. The lowest BCUT2D eigenvalue weighted by atomic mass is 9.75. The Kier molecular flexibility index (Phi) is 3.58. The highest BCUT2D eigenvalue weighted by molar-refractivity contribution is 6.36. The highest BCUT2D eigenvalue weighted by Gasteiger charge is 2.74. The summed E-state index contributed by atoms with van der Waals surface area (Å²) >= 11 is 6.35. The van der Waals surface area contributed by atoms with Crippen molar-refractivity contribution in [1.82, 2.24) is 4.90 Å². The molecule has 6 rings (SSSR count). The summed E-state index contributed by atoms with van der Waals surface area (Å²) in [4.78, 5) is 44.3. The number of fused-ring (bicyclic) bond motifs is 7. The molecule has 0 saturated carbocycles. The van der Waals surface area contributed by atoms with Gasteiger partial charge >= 0.3 is 0 Å². The molecule has 152 valence electrons. The maximum atomic E-state index is 13.8. The van der Waals surface area contributed by atoms with Gasteiger partial charge < -0.3 is 5.32 Å². The zero-order valence-corrected chi connectivity index (χ0v) is 17.1. The average molecular weight is 422 g/mol. The van der Waals surface area contributed by atoms with Crippen molar-refractivity contribution >= 4 is 40.7 Å². The van der Waals surface area contributed by atoms with Gasteiger partial charge in [0.05, 0.1) is 22.5 Å². The van der Waals surface area contributed by atoms with Crippen LogP contribution in [0.2, 0.25) is 5.02 Å². The molecular formula is C23H20ClN3O3. The number of benzene rings is 2. The quantitative estimate of drug-likeness (QED) is 0.718. The fraction of sp³-hybridized carbons (Fsp3) is 0.348. The van der Waals surface area contributed by atoms with Crippen LogP contribution in [0.25, 0.3) is 0 Å². The van der Waals surface area contributed by atoms with Gasteiger partial charge in [-0.3, -0.25) is 19.3 Å². The Bertz CT molecular complexity index is 1150. The summed E-state index contributed by atoms with van der Waals surface area (Å²) < 4.78 is 0. The van der Waals surface area contributed by atoms with Gasteiger partial charge in [-0.1, -0.05) is 41.4 Å². The second-order valence-electron chi connectivity index (χ2n) is 8.64. The highest BCUT2D eigenvalue weighted by Crippen LogP contribution is 2.60. The van der Waals surface area contributed by atoms with E-state index in [0.29, 0.717) is 17.3 Å². The monoisotopic (exact) mass is 421 g/mol. The van der Waals surface area contributed by atoms with E-state index in [2.05, 4.69) is 10.2 Å². The second-order valence-corrected chi connectivity index (χ2v) is 9.05. The van der Waals surface area contributed by atoms with Gasteiger partial charge in [-0.2, -0.15) is 0 Å². The lowest BCUT2D eigenvalue weighted by Gasteiger charge is -2.36. The van der Waals surface area contributed by atoms with E-state index in [1.165, 1.54) is 4.90 Å². The van der Waals surface area contributed by atoms with Gasteiger partial charge in [0, 0.05) is 17.3 Å². The lowest BCUT2D eigenvalue weighted by Crippen LogP contribution is -2.54. The molecule has 4 aliphatic heterocycles. The van der Waals surface area contributed by atoms with Crippen molar-refractivity contribution < 1.29 is 14.4 Å². The number of hydrogen-bond acceptors (Lipinski definition) is 4. The zero-order chi connectivity index (χ0) is 20.8. The Morgan fingerprint density at radius 3 is 2.70 bits per heavy atom. The first-order valence-corrected chi connectivity index (χ1v) is 10.7. The van der Waals surface area contributed by atoms with Crippen LogP contribution in [-0.4, -0.2) is 35.2 Å². The number of rotatable bonds is 1. The molecule has 1 spiro atoms. The summed E-state index contributed by atoms with van der Waals surface area (Å²) in [7, 11) is 0. The predicted octanol–water partition coefficient (Wildman–Crippen LogP) is 3.08. The number of anilines is 2. The predicted molar refractivity (Wildman–Crippen MR) is 112 cm³/mol. The summed E-state index contributed by atoms with van der Waals surface area (Å²) in [5.41, 5.74) is 1.81. The molecule has 0 radical (unpaired) electrons. The Hall–Kier alpha value is -2.70. The van der Waals surface area contributed by atoms with Crippen molar-refractivity contribution in [3.05, 3.63) is 58.6 Å². The third-order valence-corrected chi connectivity index (χ3v) is 7.56. The number of carbonyl (C=O) groups is 3. The van der Waals surface area contributed by atoms with Crippen LogP contribution in [0.3, 0.4) is 0 Å². The first-order chi connectivity index (χ1) is 14.5. The van der Waals surface area contributed by atoms with Gasteiger partial charge in [0.1, 0.15) is 5.54 Å². The van der Waals surface area contributed by atoms with Gasteiger partial charge in [0.25, 0.3) is 0 Å². The molecular weight excluding hydrogens is 402 g/mol. The fourth-order valence-corrected chi connectivity index (χ4v) is 6.41. The van der Waals surface area contributed by atoms with Gasteiger partial charge in [-0.05, 0) is 44.5 Å². The Labute approximate surface area is 178 Å². The van der Waals surface area contributed by atoms with E-state index in [-0.39, 0.29) is 23.8 Å². The maximum absolute atomic E-state index is 13.8. The molecule has 0 bridgehead atoms. The first-order valence-electron chi connectivity index (χ1n) is 10.3. The van der Waals surface area contributed by atoms with Crippen molar-refractivity contribution in [2.75, 3.05) is 16.8 Å². The van der Waals surface area contributed by atoms with Gasteiger partial charge in [0.15, 0.2) is 0 Å². The number of amides is 3. The molecule has 6 nitrogen and oxygen atoms in total. The molecule has 7 heteroatoms. The number of aryl methyl sites for hydroxylation is 1. The maximum Gasteiger partial charge on any atom is 0.250 e. The number of nitrogens with zero attached hydrogens (tertiary/aromatic N) is 2. The van der Waals surface area contributed by atoms with Gasteiger partial charge in [-0.15, -0.1) is 0 Å². The molecule has 30 heavy (non-hydrogen) atoms. The zero-order valence-electron chi connectivity index (χ0n) is 16.4. The van der Waals surface area contributed by atoms with Crippen LogP contribution in [0.15, 0.2) is 42.5 Å². The van der Waals surface area contributed by atoms with Crippen LogP contribution in [-0.2, 0) is 19.9 Å².